The molecule has 0 aromatic carbocycles. The lowest BCUT2D eigenvalue weighted by molar-refractivity contribution is 0.0510. The summed E-state index contributed by atoms with van der Waals surface area (Å²) in [7, 11) is 3.74. The van der Waals surface area contributed by atoms with Crippen molar-refractivity contribution >= 4 is 11.9 Å². The van der Waals surface area contributed by atoms with Crippen LogP contribution in [0.2, 0.25) is 0 Å². The van der Waals surface area contributed by atoms with Crippen LogP contribution in [-0.4, -0.2) is 65.4 Å². The van der Waals surface area contributed by atoms with Crippen LogP contribution in [0.4, 0.5) is 5.95 Å². The number of aliphatic hydroxyl groups excluding tert-OH is 1. The molecule has 8 heteroatoms. The standard InChI is InChI=1S/C14H21N5O3/c1-4-22-13(21)12-11(10(20)9-15)16-14(18(12)3)19-7-5-17(2)6-8-19/h10,20H,4-8H2,1-3H3. The Bertz CT molecular complexity index is 584. The number of piperazine rings is 1. The van der Waals surface area contributed by atoms with E-state index in [4.69, 9.17) is 10.00 Å². The average Bonchev–Trinajstić information content (AvgIpc) is 2.85. The van der Waals surface area contributed by atoms with Crippen LogP contribution in [0.15, 0.2) is 0 Å². The van der Waals surface area contributed by atoms with Gasteiger partial charge in [0.2, 0.25) is 5.95 Å². The number of ether oxygens (including phenoxy) is 1. The lowest BCUT2D eigenvalue weighted by Gasteiger charge is -2.33. The van der Waals surface area contributed by atoms with Crippen LogP contribution in [0.25, 0.3) is 0 Å². The second-order valence-corrected chi connectivity index (χ2v) is 5.25. The first kappa shape index (κ1) is 16.3. The summed E-state index contributed by atoms with van der Waals surface area (Å²) in [6.07, 6.45) is -1.45. The monoisotopic (exact) mass is 307 g/mol. The zero-order valence-corrected chi connectivity index (χ0v) is 13.1. The second-order valence-electron chi connectivity index (χ2n) is 5.25. The van der Waals surface area contributed by atoms with Crippen LogP contribution in [0.1, 0.15) is 29.2 Å². The normalized spacial score (nSPS) is 17.1. The fraction of sp³-hybridized carbons (Fsp3) is 0.643. The first-order valence-electron chi connectivity index (χ1n) is 7.24. The zero-order chi connectivity index (χ0) is 16.3. The van der Waals surface area contributed by atoms with Crippen molar-refractivity contribution in [2.24, 2.45) is 7.05 Å². The highest BCUT2D eigenvalue weighted by Gasteiger charge is 2.29. The van der Waals surface area contributed by atoms with Gasteiger partial charge in [-0.25, -0.2) is 9.78 Å². The zero-order valence-electron chi connectivity index (χ0n) is 13.1. The van der Waals surface area contributed by atoms with Crippen LogP contribution in [0, 0.1) is 11.3 Å². The summed E-state index contributed by atoms with van der Waals surface area (Å²) in [6.45, 7) is 5.23. The number of aliphatic hydroxyl groups is 1. The summed E-state index contributed by atoms with van der Waals surface area (Å²) < 4.78 is 6.61. The molecule has 1 fully saturated rings. The summed E-state index contributed by atoms with van der Waals surface area (Å²) in [5, 5.41) is 18.8. The van der Waals surface area contributed by atoms with E-state index in [9.17, 15) is 9.90 Å². The summed E-state index contributed by atoms with van der Waals surface area (Å²) in [6, 6.07) is 1.71. The summed E-state index contributed by atoms with van der Waals surface area (Å²) in [4.78, 5) is 20.7. The van der Waals surface area contributed by atoms with Crippen molar-refractivity contribution in [3.8, 4) is 6.07 Å². The Hall–Kier alpha value is -2.11. The van der Waals surface area contributed by atoms with Gasteiger partial charge in [-0.1, -0.05) is 0 Å². The summed E-state index contributed by atoms with van der Waals surface area (Å²) in [5.74, 6) is -0.0115. The first-order chi connectivity index (χ1) is 10.5. The van der Waals surface area contributed by atoms with Gasteiger partial charge in [0, 0.05) is 33.2 Å². The molecule has 0 saturated carbocycles. The molecule has 0 radical (unpaired) electrons. The Balaban J connectivity index is 2.40. The number of hydrogen-bond donors (Lipinski definition) is 1. The molecule has 0 amide bonds. The van der Waals surface area contributed by atoms with E-state index in [0.29, 0.717) is 5.95 Å². The van der Waals surface area contributed by atoms with Crippen LogP contribution >= 0.6 is 0 Å². The van der Waals surface area contributed by atoms with Gasteiger partial charge < -0.3 is 24.2 Å². The van der Waals surface area contributed by atoms with Gasteiger partial charge in [0.25, 0.3) is 0 Å². The highest BCUT2D eigenvalue weighted by molar-refractivity contribution is 5.90. The molecule has 1 aliphatic heterocycles. The van der Waals surface area contributed by atoms with Gasteiger partial charge in [-0.2, -0.15) is 5.26 Å². The largest absolute Gasteiger partial charge is 0.461 e. The summed E-state index contributed by atoms with van der Waals surface area (Å²) in [5.41, 5.74) is 0.183. The van der Waals surface area contributed by atoms with Crippen LogP contribution in [0.5, 0.6) is 0 Å². The maximum atomic E-state index is 12.1. The molecule has 1 saturated heterocycles. The third kappa shape index (κ3) is 3.05. The summed E-state index contributed by atoms with van der Waals surface area (Å²) >= 11 is 0. The number of anilines is 1. The number of hydrogen-bond acceptors (Lipinski definition) is 7. The van der Waals surface area contributed by atoms with Gasteiger partial charge in [-0.3, -0.25) is 0 Å². The van der Waals surface area contributed by atoms with Gasteiger partial charge in [-0.05, 0) is 14.0 Å². The average molecular weight is 307 g/mol. The number of nitrogens with zero attached hydrogens (tertiary/aromatic N) is 5. The van der Waals surface area contributed by atoms with E-state index in [-0.39, 0.29) is 18.0 Å². The van der Waals surface area contributed by atoms with E-state index >= 15 is 0 Å². The van der Waals surface area contributed by atoms with Crippen molar-refractivity contribution in [3.05, 3.63) is 11.4 Å². The lowest BCUT2D eigenvalue weighted by Crippen LogP contribution is -2.45. The molecule has 1 aromatic heterocycles. The Morgan fingerprint density at radius 1 is 1.41 bits per heavy atom. The third-order valence-electron chi connectivity index (χ3n) is 3.73. The molecule has 120 valence electrons. The molecule has 1 aromatic rings. The number of carbonyl (C=O) groups is 1. The first-order valence-corrected chi connectivity index (χ1v) is 7.24. The Morgan fingerprint density at radius 2 is 2.05 bits per heavy atom. The number of aromatic nitrogens is 2. The van der Waals surface area contributed by atoms with Crippen molar-refractivity contribution in [1.29, 1.82) is 5.26 Å². The van der Waals surface area contributed by atoms with Crippen molar-refractivity contribution in [3.63, 3.8) is 0 Å². The Labute approximate surface area is 129 Å². The minimum atomic E-state index is -1.45. The molecule has 1 N–H and O–H groups in total. The van der Waals surface area contributed by atoms with Crippen molar-refractivity contribution in [1.82, 2.24) is 14.5 Å². The van der Waals surface area contributed by atoms with Gasteiger partial charge in [-0.15, -0.1) is 0 Å². The lowest BCUT2D eigenvalue weighted by atomic mass is 10.2. The smallest absolute Gasteiger partial charge is 0.357 e. The van der Waals surface area contributed by atoms with E-state index < -0.39 is 12.1 Å². The van der Waals surface area contributed by atoms with Crippen molar-refractivity contribution in [2.45, 2.75) is 13.0 Å². The topological polar surface area (TPSA) is 94.6 Å². The molecule has 8 nitrogen and oxygen atoms in total. The van der Waals surface area contributed by atoms with Crippen LogP contribution in [-0.2, 0) is 11.8 Å². The number of esters is 1. The Kier molecular flexibility index (Phi) is 5.00. The Morgan fingerprint density at radius 3 is 2.59 bits per heavy atom. The minimum absolute atomic E-state index is 0.0531. The van der Waals surface area contributed by atoms with E-state index in [0.717, 1.165) is 26.2 Å². The number of imidazole rings is 1. The molecule has 1 atom stereocenters. The molecule has 1 aliphatic rings. The van der Waals surface area contributed by atoms with Crippen LogP contribution in [0.3, 0.4) is 0 Å². The number of likely N-dealkylation sites (N-methyl/N-ethyl adjacent to an activating group) is 1. The fourth-order valence-electron chi connectivity index (χ4n) is 2.49. The van der Waals surface area contributed by atoms with Crippen molar-refractivity contribution < 1.29 is 14.6 Å². The second kappa shape index (κ2) is 6.77. The number of nitriles is 1. The van der Waals surface area contributed by atoms with Gasteiger partial charge >= 0.3 is 5.97 Å². The molecule has 0 bridgehead atoms. The van der Waals surface area contributed by atoms with Gasteiger partial charge in [0.05, 0.1) is 6.61 Å². The number of rotatable bonds is 4. The SMILES string of the molecule is CCOC(=O)c1c(C(O)C#N)nc(N2CCN(C)CC2)n1C. The number of carbonyl (C=O) groups excluding carboxylic acids is 1. The van der Waals surface area contributed by atoms with Gasteiger partial charge in [0.1, 0.15) is 11.8 Å². The predicted molar refractivity (Wildman–Crippen MR) is 79.4 cm³/mol. The minimum Gasteiger partial charge on any atom is -0.461 e. The molecular formula is C14H21N5O3. The molecule has 2 heterocycles. The molecule has 22 heavy (non-hydrogen) atoms. The third-order valence-corrected chi connectivity index (χ3v) is 3.73. The highest BCUT2D eigenvalue weighted by atomic mass is 16.5. The predicted octanol–water partition coefficient (Wildman–Crippen LogP) is -0.0944. The van der Waals surface area contributed by atoms with E-state index in [2.05, 4.69) is 9.88 Å². The molecule has 2 rings (SSSR count). The maximum Gasteiger partial charge on any atom is 0.357 e. The molecule has 0 aliphatic carbocycles. The molecule has 0 spiro atoms. The van der Waals surface area contributed by atoms with E-state index in [1.807, 2.05) is 11.9 Å². The van der Waals surface area contributed by atoms with Crippen molar-refractivity contribution in [2.75, 3.05) is 44.7 Å². The van der Waals surface area contributed by atoms with Crippen LogP contribution < -0.4 is 4.90 Å². The molecule has 1 unspecified atom stereocenters. The van der Waals surface area contributed by atoms with Gasteiger partial charge in [0.15, 0.2) is 11.8 Å². The van der Waals surface area contributed by atoms with E-state index in [1.54, 1.807) is 24.6 Å². The van der Waals surface area contributed by atoms with E-state index in [1.165, 1.54) is 0 Å². The maximum absolute atomic E-state index is 12.1. The fourth-order valence-corrected chi connectivity index (χ4v) is 2.49. The molecular weight excluding hydrogens is 286 g/mol. The highest BCUT2D eigenvalue weighted by Crippen LogP contribution is 2.24. The quantitative estimate of drug-likeness (QED) is 0.613.